The molecule has 3 nitrogen and oxygen atoms in total. The zero-order valence-corrected chi connectivity index (χ0v) is 31.4. The van der Waals surface area contributed by atoms with E-state index in [-0.39, 0.29) is 5.41 Å². The van der Waals surface area contributed by atoms with Crippen LogP contribution in [0.15, 0.2) is 205 Å². The number of fused-ring (bicyclic) bond motifs is 6. The molecule has 1 aliphatic carbocycles. The van der Waals surface area contributed by atoms with Crippen molar-refractivity contribution in [2.24, 2.45) is 0 Å². The Morgan fingerprint density at radius 2 is 0.947 bits per heavy atom. The van der Waals surface area contributed by atoms with Gasteiger partial charge in [-0.15, -0.1) is 0 Å². The summed E-state index contributed by atoms with van der Waals surface area (Å²) in [5.41, 5.74) is 17.4. The van der Waals surface area contributed by atoms with Crippen LogP contribution in [0, 0.1) is 0 Å². The van der Waals surface area contributed by atoms with Crippen molar-refractivity contribution in [1.29, 1.82) is 0 Å². The first-order valence-electron chi connectivity index (χ1n) is 19.5. The second kappa shape index (κ2) is 13.1. The molecule has 11 rings (SSSR count). The zero-order valence-electron chi connectivity index (χ0n) is 31.4. The highest BCUT2D eigenvalue weighted by molar-refractivity contribution is 6.09. The molecule has 0 aliphatic heterocycles. The average Bonchev–Trinajstić information content (AvgIpc) is 3.80. The van der Waals surface area contributed by atoms with Gasteiger partial charge in [0.25, 0.3) is 0 Å². The summed E-state index contributed by atoms with van der Waals surface area (Å²) in [6.45, 7) is 2.37. The van der Waals surface area contributed by atoms with E-state index >= 15 is 0 Å². The molecule has 2 heterocycles. The molecule has 2 aromatic heterocycles. The largest absolute Gasteiger partial charge is 0.455 e. The number of furan rings is 1. The lowest BCUT2D eigenvalue weighted by Gasteiger charge is -2.28. The molecule has 0 amide bonds. The smallest absolute Gasteiger partial charge is 0.160 e. The molecule has 3 heteroatoms. The van der Waals surface area contributed by atoms with E-state index in [9.17, 15) is 0 Å². The molecule has 0 unspecified atom stereocenters. The van der Waals surface area contributed by atoms with Crippen LogP contribution in [0.1, 0.15) is 23.6 Å². The Morgan fingerprint density at radius 1 is 0.386 bits per heavy atom. The Labute approximate surface area is 331 Å². The maximum absolute atomic E-state index is 6.42. The van der Waals surface area contributed by atoms with Gasteiger partial charge in [0.15, 0.2) is 5.82 Å². The van der Waals surface area contributed by atoms with E-state index in [0.29, 0.717) is 5.82 Å². The lowest BCUT2D eigenvalue weighted by Crippen LogP contribution is -2.22. The molecule has 0 N–H and O–H groups in total. The van der Waals surface area contributed by atoms with E-state index in [2.05, 4.69) is 177 Å². The number of benzene rings is 8. The SMILES string of the molecule is CC1(c2cccc(-c3ccc(-c4cc(-c5cccc(-c6cccc7c6oc6ccccc67)c5)nc(-c5ccccc5)n4)cc3)c2)c2ccccc2-c2ccccc21. The number of hydrogen-bond donors (Lipinski definition) is 0. The molecule has 0 spiro atoms. The Kier molecular flexibility index (Phi) is 7.61. The highest BCUT2D eigenvalue weighted by Crippen LogP contribution is 2.52. The molecule has 0 saturated carbocycles. The van der Waals surface area contributed by atoms with Gasteiger partial charge < -0.3 is 4.42 Å². The number of hydrogen-bond acceptors (Lipinski definition) is 3. The third-order valence-electron chi connectivity index (χ3n) is 11.8. The summed E-state index contributed by atoms with van der Waals surface area (Å²) in [4.78, 5) is 10.3. The normalized spacial score (nSPS) is 12.8. The fourth-order valence-corrected chi connectivity index (χ4v) is 8.89. The lowest BCUT2D eigenvalue weighted by molar-refractivity contribution is 0.670. The fraction of sp³-hybridized carbons (Fsp3) is 0.0370. The summed E-state index contributed by atoms with van der Waals surface area (Å²) >= 11 is 0. The molecule has 0 fully saturated rings. The second-order valence-corrected chi connectivity index (χ2v) is 15.1. The van der Waals surface area contributed by atoms with E-state index in [1.807, 2.05) is 30.3 Å². The summed E-state index contributed by atoms with van der Waals surface area (Å²) in [5, 5.41) is 2.24. The predicted octanol–water partition coefficient (Wildman–Crippen LogP) is 14.0. The third-order valence-corrected chi connectivity index (χ3v) is 11.8. The molecule has 8 aromatic carbocycles. The quantitative estimate of drug-likeness (QED) is 0.171. The van der Waals surface area contributed by atoms with Crippen LogP contribution in [0.2, 0.25) is 0 Å². The van der Waals surface area contributed by atoms with Crippen molar-refractivity contribution in [3.63, 3.8) is 0 Å². The van der Waals surface area contributed by atoms with Crippen molar-refractivity contribution >= 4 is 21.9 Å². The molecule has 0 radical (unpaired) electrons. The summed E-state index contributed by atoms with van der Waals surface area (Å²) in [6.07, 6.45) is 0. The van der Waals surface area contributed by atoms with Gasteiger partial charge in [-0.1, -0.05) is 176 Å². The van der Waals surface area contributed by atoms with Gasteiger partial charge in [0, 0.05) is 38.4 Å². The van der Waals surface area contributed by atoms with Crippen LogP contribution in [0.5, 0.6) is 0 Å². The van der Waals surface area contributed by atoms with Gasteiger partial charge in [-0.25, -0.2) is 9.97 Å². The van der Waals surface area contributed by atoms with Gasteiger partial charge in [0.2, 0.25) is 0 Å². The molecule has 0 saturated heterocycles. The van der Waals surface area contributed by atoms with Crippen LogP contribution in [-0.2, 0) is 5.41 Å². The number of aromatic nitrogens is 2. The van der Waals surface area contributed by atoms with Gasteiger partial charge in [-0.2, -0.15) is 0 Å². The summed E-state index contributed by atoms with van der Waals surface area (Å²) in [5.74, 6) is 0.690. The van der Waals surface area contributed by atoms with Gasteiger partial charge >= 0.3 is 0 Å². The van der Waals surface area contributed by atoms with Crippen molar-refractivity contribution in [1.82, 2.24) is 9.97 Å². The minimum Gasteiger partial charge on any atom is -0.455 e. The lowest BCUT2D eigenvalue weighted by atomic mass is 9.74. The van der Waals surface area contributed by atoms with Crippen molar-refractivity contribution in [3.05, 3.63) is 217 Å². The van der Waals surface area contributed by atoms with E-state index in [0.717, 1.165) is 66.7 Å². The first-order chi connectivity index (χ1) is 28.1. The second-order valence-electron chi connectivity index (χ2n) is 15.1. The van der Waals surface area contributed by atoms with Crippen molar-refractivity contribution in [2.75, 3.05) is 0 Å². The highest BCUT2D eigenvalue weighted by Gasteiger charge is 2.40. The molecule has 57 heavy (non-hydrogen) atoms. The van der Waals surface area contributed by atoms with E-state index < -0.39 is 0 Å². The van der Waals surface area contributed by atoms with Gasteiger partial charge in [-0.05, 0) is 75.7 Å². The van der Waals surface area contributed by atoms with E-state index in [1.54, 1.807) is 0 Å². The fourth-order valence-electron chi connectivity index (χ4n) is 8.89. The predicted molar refractivity (Wildman–Crippen MR) is 234 cm³/mol. The van der Waals surface area contributed by atoms with Gasteiger partial charge in [-0.3, -0.25) is 0 Å². The van der Waals surface area contributed by atoms with E-state index in [1.165, 1.54) is 33.4 Å². The maximum Gasteiger partial charge on any atom is 0.160 e. The standard InChI is InChI=1S/C54H36N2O/c1-54(47-25-8-5-20-43(47)44-21-6-9-26-48(44)54)41-19-12-16-38(33-41)35-28-30-36(31-29-35)49-34-50(56-53(55-49)37-14-3-2-4-15-37)40-18-11-17-39(32-40)42-23-13-24-46-45-22-7-10-27-51(45)57-52(42)46/h2-34H,1H3. The summed E-state index contributed by atoms with van der Waals surface area (Å²) in [7, 11) is 0. The Morgan fingerprint density at radius 3 is 1.74 bits per heavy atom. The van der Waals surface area contributed by atoms with Crippen LogP contribution in [0.25, 0.3) is 89.2 Å². The molecule has 1 aliphatic rings. The minimum atomic E-state index is -0.246. The van der Waals surface area contributed by atoms with E-state index in [4.69, 9.17) is 14.4 Å². The molecular formula is C54H36N2O. The highest BCUT2D eigenvalue weighted by atomic mass is 16.3. The maximum atomic E-state index is 6.42. The van der Waals surface area contributed by atoms with Crippen LogP contribution >= 0.6 is 0 Å². The Bertz CT molecular complexity index is 3090. The topological polar surface area (TPSA) is 38.9 Å². The Balaban J connectivity index is 0.975. The first-order valence-corrected chi connectivity index (χ1v) is 19.5. The number of para-hydroxylation sites is 2. The molecule has 10 aromatic rings. The average molecular weight is 729 g/mol. The monoisotopic (exact) mass is 728 g/mol. The zero-order chi connectivity index (χ0) is 37.9. The Hall–Kier alpha value is -7.36. The molecular weight excluding hydrogens is 693 g/mol. The van der Waals surface area contributed by atoms with Gasteiger partial charge in [0.1, 0.15) is 11.2 Å². The first kappa shape index (κ1) is 33.0. The van der Waals surface area contributed by atoms with Crippen LogP contribution in [0.3, 0.4) is 0 Å². The molecule has 0 bridgehead atoms. The number of nitrogens with zero attached hydrogens (tertiary/aromatic N) is 2. The molecule has 0 atom stereocenters. The molecule has 268 valence electrons. The third kappa shape index (κ3) is 5.43. The van der Waals surface area contributed by atoms with Crippen LogP contribution in [-0.4, -0.2) is 9.97 Å². The van der Waals surface area contributed by atoms with Crippen LogP contribution < -0.4 is 0 Å². The van der Waals surface area contributed by atoms with Crippen molar-refractivity contribution < 1.29 is 4.42 Å². The van der Waals surface area contributed by atoms with Crippen LogP contribution in [0.4, 0.5) is 0 Å². The van der Waals surface area contributed by atoms with Crippen molar-refractivity contribution in [2.45, 2.75) is 12.3 Å². The summed E-state index contributed by atoms with van der Waals surface area (Å²) < 4.78 is 6.42. The van der Waals surface area contributed by atoms with Gasteiger partial charge in [0.05, 0.1) is 11.4 Å². The van der Waals surface area contributed by atoms with Crippen molar-refractivity contribution in [3.8, 4) is 67.3 Å². The number of rotatable bonds is 6. The minimum absolute atomic E-state index is 0.246. The summed E-state index contributed by atoms with van der Waals surface area (Å²) in [6, 6.07) is 71.0.